The van der Waals surface area contributed by atoms with E-state index in [9.17, 15) is 4.79 Å². The van der Waals surface area contributed by atoms with E-state index in [0.717, 1.165) is 31.5 Å². The molecule has 4 nitrogen and oxygen atoms in total. The minimum absolute atomic E-state index is 0.248. The molecule has 0 saturated carbocycles. The quantitative estimate of drug-likeness (QED) is 0.839. The van der Waals surface area contributed by atoms with Crippen molar-refractivity contribution in [3.63, 3.8) is 0 Å². The summed E-state index contributed by atoms with van der Waals surface area (Å²) in [5.74, 6) is 0. The van der Waals surface area contributed by atoms with Crippen LogP contribution in [0, 0.1) is 0 Å². The molecule has 1 aromatic rings. The Hall–Kier alpha value is -1.81. The van der Waals surface area contributed by atoms with Crippen molar-refractivity contribution in [2.45, 2.75) is 25.5 Å². The van der Waals surface area contributed by atoms with Crippen LogP contribution in [0.5, 0.6) is 0 Å². The number of nitrogens with zero attached hydrogens (tertiary/aromatic N) is 1. The fourth-order valence-corrected chi connectivity index (χ4v) is 2.43. The van der Waals surface area contributed by atoms with E-state index in [1.165, 1.54) is 0 Å². The van der Waals surface area contributed by atoms with Gasteiger partial charge in [-0.2, -0.15) is 0 Å². The van der Waals surface area contributed by atoms with Gasteiger partial charge in [0.25, 0.3) is 0 Å². The predicted molar refractivity (Wildman–Crippen MR) is 79.4 cm³/mol. The molecule has 0 unspecified atom stereocenters. The zero-order valence-corrected chi connectivity index (χ0v) is 11.8. The normalized spacial score (nSPS) is 15.6. The smallest absolute Gasteiger partial charge is 0.410 e. The molecule has 1 aliphatic heterocycles. The number of piperidine rings is 1. The monoisotopic (exact) mass is 274 g/mol. The highest BCUT2D eigenvalue weighted by Gasteiger charge is 2.25. The first-order valence-corrected chi connectivity index (χ1v) is 7.10. The Morgan fingerprint density at radius 1 is 1.35 bits per heavy atom. The molecular formula is C16H22N2O2. The third kappa shape index (κ3) is 4.10. The summed E-state index contributed by atoms with van der Waals surface area (Å²) in [5, 5.41) is 3.30. The lowest BCUT2D eigenvalue weighted by Crippen LogP contribution is -2.46. The number of hydrogen-bond donors (Lipinski definition) is 1. The molecule has 0 aliphatic carbocycles. The van der Waals surface area contributed by atoms with Crippen LogP contribution in [0.2, 0.25) is 0 Å². The first-order chi connectivity index (χ1) is 9.81. The Labute approximate surface area is 120 Å². The summed E-state index contributed by atoms with van der Waals surface area (Å²) in [4.78, 5) is 14.0. The van der Waals surface area contributed by atoms with Gasteiger partial charge in [-0.15, -0.1) is 6.58 Å². The first-order valence-electron chi connectivity index (χ1n) is 7.10. The minimum Gasteiger partial charge on any atom is -0.445 e. The largest absolute Gasteiger partial charge is 0.445 e. The molecule has 1 N–H and O–H groups in total. The minimum atomic E-state index is -0.249. The van der Waals surface area contributed by atoms with Gasteiger partial charge >= 0.3 is 6.09 Å². The number of amides is 1. The van der Waals surface area contributed by atoms with E-state index in [2.05, 4.69) is 11.9 Å². The summed E-state index contributed by atoms with van der Waals surface area (Å²) in [7, 11) is 0. The van der Waals surface area contributed by atoms with Gasteiger partial charge in [-0.25, -0.2) is 4.79 Å². The molecule has 1 saturated heterocycles. The molecule has 0 atom stereocenters. The van der Waals surface area contributed by atoms with Gasteiger partial charge < -0.3 is 15.0 Å². The number of carbonyl (C=O) groups excluding carboxylic acids is 1. The number of rotatable bonds is 5. The Morgan fingerprint density at radius 2 is 2.05 bits per heavy atom. The van der Waals surface area contributed by atoms with E-state index in [1.807, 2.05) is 30.3 Å². The molecule has 2 rings (SSSR count). The molecular weight excluding hydrogens is 252 g/mol. The molecule has 4 heteroatoms. The molecule has 1 heterocycles. The fraction of sp³-hybridized carbons (Fsp3) is 0.438. The van der Waals surface area contributed by atoms with Crippen LogP contribution in [0.3, 0.4) is 0 Å². The molecule has 0 radical (unpaired) electrons. The molecule has 0 spiro atoms. The molecule has 108 valence electrons. The molecule has 20 heavy (non-hydrogen) atoms. The van der Waals surface area contributed by atoms with Crippen LogP contribution in [0.4, 0.5) is 4.79 Å². The lowest BCUT2D eigenvalue weighted by Gasteiger charge is -2.33. The highest BCUT2D eigenvalue weighted by molar-refractivity contribution is 5.68. The number of benzene rings is 1. The highest BCUT2D eigenvalue weighted by Crippen LogP contribution is 2.14. The summed E-state index contributed by atoms with van der Waals surface area (Å²) < 4.78 is 5.41. The van der Waals surface area contributed by atoms with Crippen molar-refractivity contribution in [1.82, 2.24) is 10.2 Å². The van der Waals surface area contributed by atoms with Crippen molar-refractivity contribution in [2.75, 3.05) is 19.6 Å². The Morgan fingerprint density at radius 3 is 2.70 bits per heavy atom. The zero-order valence-electron chi connectivity index (χ0n) is 11.8. The third-order valence-corrected chi connectivity index (χ3v) is 3.51. The van der Waals surface area contributed by atoms with Crippen LogP contribution >= 0.6 is 0 Å². The molecule has 1 amide bonds. The molecule has 0 aromatic heterocycles. The third-order valence-electron chi connectivity index (χ3n) is 3.51. The first kappa shape index (κ1) is 14.6. The van der Waals surface area contributed by atoms with Gasteiger partial charge in [0.05, 0.1) is 0 Å². The molecule has 0 bridgehead atoms. The van der Waals surface area contributed by atoms with Gasteiger partial charge in [0, 0.05) is 12.6 Å². The second kappa shape index (κ2) is 7.70. The van der Waals surface area contributed by atoms with Crippen LogP contribution in [0.1, 0.15) is 18.4 Å². The highest BCUT2D eigenvalue weighted by atomic mass is 16.6. The lowest BCUT2D eigenvalue weighted by atomic mass is 10.1. The summed E-state index contributed by atoms with van der Waals surface area (Å²) in [6.07, 6.45) is 3.44. The van der Waals surface area contributed by atoms with E-state index in [0.29, 0.717) is 13.2 Å². The SMILES string of the molecule is C=CCN(C(=O)OCc1ccccc1)C1CCNCC1. The van der Waals surface area contributed by atoms with Crippen molar-refractivity contribution in [3.8, 4) is 0 Å². The maximum Gasteiger partial charge on any atom is 0.410 e. The Bertz CT molecular complexity index is 427. The number of carbonyl (C=O) groups is 1. The van der Waals surface area contributed by atoms with Crippen LogP contribution in [-0.4, -0.2) is 36.7 Å². The average molecular weight is 274 g/mol. The van der Waals surface area contributed by atoms with Crippen molar-refractivity contribution >= 4 is 6.09 Å². The van der Waals surface area contributed by atoms with E-state index in [4.69, 9.17) is 4.74 Å². The standard InChI is InChI=1S/C16H22N2O2/c1-2-12-18(15-8-10-17-11-9-15)16(19)20-13-14-6-4-3-5-7-14/h2-7,15,17H,1,8-13H2. The molecule has 1 aromatic carbocycles. The van der Waals surface area contributed by atoms with Gasteiger partial charge in [-0.3, -0.25) is 0 Å². The zero-order chi connectivity index (χ0) is 14.2. The van der Waals surface area contributed by atoms with E-state index in [-0.39, 0.29) is 12.1 Å². The lowest BCUT2D eigenvalue weighted by molar-refractivity contribution is 0.0787. The van der Waals surface area contributed by atoms with E-state index >= 15 is 0 Å². The Kier molecular flexibility index (Phi) is 5.62. The van der Waals surface area contributed by atoms with Crippen LogP contribution in [0.15, 0.2) is 43.0 Å². The van der Waals surface area contributed by atoms with Gasteiger partial charge in [0.1, 0.15) is 6.61 Å². The summed E-state index contributed by atoms with van der Waals surface area (Å²) in [6, 6.07) is 9.99. The molecule has 1 fully saturated rings. The molecule has 1 aliphatic rings. The summed E-state index contributed by atoms with van der Waals surface area (Å²) in [5.41, 5.74) is 1.00. The van der Waals surface area contributed by atoms with Crippen LogP contribution in [-0.2, 0) is 11.3 Å². The van der Waals surface area contributed by atoms with Crippen molar-refractivity contribution < 1.29 is 9.53 Å². The summed E-state index contributed by atoms with van der Waals surface area (Å²) >= 11 is 0. The van der Waals surface area contributed by atoms with Gasteiger partial charge in [-0.1, -0.05) is 36.4 Å². The second-order valence-corrected chi connectivity index (χ2v) is 4.96. The average Bonchev–Trinajstić information content (AvgIpc) is 2.52. The van der Waals surface area contributed by atoms with E-state index < -0.39 is 0 Å². The fourth-order valence-electron chi connectivity index (χ4n) is 2.43. The van der Waals surface area contributed by atoms with Gasteiger partial charge in [0.2, 0.25) is 0 Å². The van der Waals surface area contributed by atoms with Gasteiger partial charge in [0.15, 0.2) is 0 Å². The van der Waals surface area contributed by atoms with E-state index in [1.54, 1.807) is 11.0 Å². The van der Waals surface area contributed by atoms with Crippen LogP contribution < -0.4 is 5.32 Å². The van der Waals surface area contributed by atoms with Crippen molar-refractivity contribution in [2.24, 2.45) is 0 Å². The van der Waals surface area contributed by atoms with Crippen molar-refractivity contribution in [1.29, 1.82) is 0 Å². The predicted octanol–water partition coefficient (Wildman–Crippen LogP) is 2.56. The summed E-state index contributed by atoms with van der Waals surface area (Å²) in [6.45, 7) is 6.49. The topological polar surface area (TPSA) is 41.6 Å². The van der Waals surface area contributed by atoms with Crippen LogP contribution in [0.25, 0.3) is 0 Å². The van der Waals surface area contributed by atoms with Crippen molar-refractivity contribution in [3.05, 3.63) is 48.6 Å². The Balaban J connectivity index is 1.90. The maximum absolute atomic E-state index is 12.2. The number of nitrogens with one attached hydrogen (secondary N) is 1. The maximum atomic E-state index is 12.2. The second-order valence-electron chi connectivity index (χ2n) is 4.96. The number of ether oxygens (including phenoxy) is 1. The number of hydrogen-bond acceptors (Lipinski definition) is 3. The van der Waals surface area contributed by atoms with Gasteiger partial charge in [-0.05, 0) is 31.5 Å².